The summed E-state index contributed by atoms with van der Waals surface area (Å²) in [7, 11) is 0. The third-order valence-electron chi connectivity index (χ3n) is 3.24. The SMILES string of the molecule is Cc1cccc(Cn2ccc(NC(=O)Cn3cc(Br)cn3)n2)c1. The fraction of sp³-hybridized carbons (Fsp3) is 0.188. The fourth-order valence-corrected chi connectivity index (χ4v) is 2.60. The van der Waals surface area contributed by atoms with Crippen LogP contribution in [0.1, 0.15) is 11.1 Å². The standard InChI is InChI=1S/C16H16BrN5O/c1-12-3-2-4-13(7-12)9-21-6-5-15(20-21)19-16(23)11-22-10-14(17)8-18-22/h2-8,10H,9,11H2,1H3,(H,19,20,23). The fourth-order valence-electron chi connectivity index (χ4n) is 2.27. The van der Waals surface area contributed by atoms with Crippen molar-refractivity contribution in [1.29, 1.82) is 0 Å². The molecule has 0 radical (unpaired) electrons. The number of aromatic nitrogens is 4. The first-order valence-electron chi connectivity index (χ1n) is 7.15. The number of nitrogens with one attached hydrogen (secondary N) is 1. The average molecular weight is 374 g/mol. The van der Waals surface area contributed by atoms with E-state index in [1.807, 2.05) is 12.3 Å². The molecule has 6 nitrogen and oxygen atoms in total. The van der Waals surface area contributed by atoms with Gasteiger partial charge in [-0.3, -0.25) is 14.2 Å². The van der Waals surface area contributed by atoms with Gasteiger partial charge >= 0.3 is 0 Å². The molecule has 0 unspecified atom stereocenters. The lowest BCUT2D eigenvalue weighted by molar-refractivity contribution is -0.116. The zero-order valence-electron chi connectivity index (χ0n) is 12.6. The van der Waals surface area contributed by atoms with E-state index in [1.165, 1.54) is 11.1 Å². The Labute approximate surface area is 142 Å². The molecular formula is C16H16BrN5O. The summed E-state index contributed by atoms with van der Waals surface area (Å²) in [5.74, 6) is 0.371. The van der Waals surface area contributed by atoms with Crippen LogP contribution in [0.4, 0.5) is 5.82 Å². The van der Waals surface area contributed by atoms with E-state index < -0.39 is 0 Å². The van der Waals surface area contributed by atoms with Crippen molar-refractivity contribution in [1.82, 2.24) is 19.6 Å². The number of carbonyl (C=O) groups is 1. The summed E-state index contributed by atoms with van der Waals surface area (Å²) >= 11 is 3.30. The maximum atomic E-state index is 12.0. The Hall–Kier alpha value is -2.41. The molecule has 7 heteroatoms. The number of halogens is 1. The minimum Gasteiger partial charge on any atom is -0.308 e. The first-order valence-corrected chi connectivity index (χ1v) is 7.94. The molecule has 1 aromatic carbocycles. The Kier molecular flexibility index (Phi) is 4.57. The van der Waals surface area contributed by atoms with Gasteiger partial charge in [0.05, 0.1) is 17.2 Å². The van der Waals surface area contributed by atoms with Crippen LogP contribution in [0.5, 0.6) is 0 Å². The molecule has 1 amide bonds. The topological polar surface area (TPSA) is 64.7 Å². The second kappa shape index (κ2) is 6.78. The Balaban J connectivity index is 1.59. The minimum absolute atomic E-state index is 0.149. The van der Waals surface area contributed by atoms with Gasteiger partial charge in [0.2, 0.25) is 5.91 Å². The van der Waals surface area contributed by atoms with Crippen molar-refractivity contribution in [2.45, 2.75) is 20.0 Å². The molecular weight excluding hydrogens is 358 g/mol. The van der Waals surface area contributed by atoms with Gasteiger partial charge in [-0.25, -0.2) is 0 Å². The van der Waals surface area contributed by atoms with Gasteiger partial charge in [-0.15, -0.1) is 0 Å². The highest BCUT2D eigenvalue weighted by atomic mass is 79.9. The lowest BCUT2D eigenvalue weighted by Gasteiger charge is -2.04. The Morgan fingerprint density at radius 3 is 2.91 bits per heavy atom. The maximum absolute atomic E-state index is 12.0. The van der Waals surface area contributed by atoms with E-state index in [-0.39, 0.29) is 12.5 Å². The van der Waals surface area contributed by atoms with Crippen LogP contribution >= 0.6 is 15.9 Å². The monoisotopic (exact) mass is 373 g/mol. The third kappa shape index (κ3) is 4.29. The van der Waals surface area contributed by atoms with Crippen LogP contribution in [0, 0.1) is 6.92 Å². The normalized spacial score (nSPS) is 10.7. The molecule has 2 aromatic heterocycles. The molecule has 0 aliphatic rings. The minimum atomic E-state index is -0.165. The second-order valence-corrected chi connectivity index (χ2v) is 6.21. The van der Waals surface area contributed by atoms with Gasteiger partial charge in [-0.05, 0) is 28.4 Å². The van der Waals surface area contributed by atoms with Gasteiger partial charge in [0.25, 0.3) is 0 Å². The molecule has 0 saturated carbocycles. The van der Waals surface area contributed by atoms with Gasteiger partial charge in [-0.1, -0.05) is 29.8 Å². The summed E-state index contributed by atoms with van der Waals surface area (Å²) < 4.78 is 4.20. The summed E-state index contributed by atoms with van der Waals surface area (Å²) in [6.07, 6.45) is 5.24. The molecule has 0 aliphatic heterocycles. The Morgan fingerprint density at radius 1 is 1.30 bits per heavy atom. The first kappa shape index (κ1) is 15.5. The van der Waals surface area contributed by atoms with Gasteiger partial charge in [-0.2, -0.15) is 10.2 Å². The smallest absolute Gasteiger partial charge is 0.247 e. The molecule has 3 rings (SSSR count). The first-order chi connectivity index (χ1) is 11.1. The summed E-state index contributed by atoms with van der Waals surface area (Å²) in [5.41, 5.74) is 2.39. The predicted molar refractivity (Wildman–Crippen MR) is 91.1 cm³/mol. The molecule has 0 bridgehead atoms. The lowest BCUT2D eigenvalue weighted by Crippen LogP contribution is -2.19. The van der Waals surface area contributed by atoms with E-state index in [0.717, 1.165) is 4.47 Å². The van der Waals surface area contributed by atoms with Crippen molar-refractivity contribution in [3.8, 4) is 0 Å². The van der Waals surface area contributed by atoms with Crippen molar-refractivity contribution in [3.63, 3.8) is 0 Å². The highest BCUT2D eigenvalue weighted by Gasteiger charge is 2.07. The van der Waals surface area contributed by atoms with Gasteiger partial charge in [0.1, 0.15) is 6.54 Å². The number of hydrogen-bond donors (Lipinski definition) is 1. The molecule has 2 heterocycles. The maximum Gasteiger partial charge on any atom is 0.247 e. The second-order valence-electron chi connectivity index (χ2n) is 5.29. The summed E-state index contributed by atoms with van der Waals surface area (Å²) in [4.78, 5) is 12.0. The number of aryl methyl sites for hydroxylation is 1. The van der Waals surface area contributed by atoms with Crippen molar-refractivity contribution < 1.29 is 4.79 Å². The number of benzene rings is 1. The van der Waals surface area contributed by atoms with Crippen LogP contribution in [-0.4, -0.2) is 25.5 Å². The largest absolute Gasteiger partial charge is 0.308 e. The molecule has 1 N–H and O–H groups in total. The number of hydrogen-bond acceptors (Lipinski definition) is 3. The van der Waals surface area contributed by atoms with Gasteiger partial charge in [0.15, 0.2) is 5.82 Å². The van der Waals surface area contributed by atoms with Crippen molar-refractivity contribution >= 4 is 27.7 Å². The van der Waals surface area contributed by atoms with Crippen LogP contribution < -0.4 is 5.32 Å². The zero-order chi connectivity index (χ0) is 16.2. The van der Waals surface area contributed by atoms with E-state index >= 15 is 0 Å². The van der Waals surface area contributed by atoms with Crippen LogP contribution in [0.25, 0.3) is 0 Å². The molecule has 0 fully saturated rings. The van der Waals surface area contributed by atoms with Crippen LogP contribution in [0.2, 0.25) is 0 Å². The number of amides is 1. The Bertz CT molecular complexity index is 823. The predicted octanol–water partition coefficient (Wildman–Crippen LogP) is 2.84. The number of carbonyl (C=O) groups excluding carboxylic acids is 1. The average Bonchev–Trinajstić information content (AvgIpc) is 3.08. The highest BCUT2D eigenvalue weighted by Crippen LogP contribution is 2.09. The van der Waals surface area contributed by atoms with E-state index in [1.54, 1.807) is 27.8 Å². The number of anilines is 1. The van der Waals surface area contributed by atoms with Crippen LogP contribution in [0.3, 0.4) is 0 Å². The molecule has 0 spiro atoms. The molecule has 118 valence electrons. The summed E-state index contributed by atoms with van der Waals surface area (Å²) in [6, 6.07) is 10.1. The summed E-state index contributed by atoms with van der Waals surface area (Å²) in [6.45, 7) is 2.88. The zero-order valence-corrected chi connectivity index (χ0v) is 14.2. The molecule has 3 aromatic rings. The van der Waals surface area contributed by atoms with Crippen molar-refractivity contribution in [3.05, 3.63) is 64.5 Å². The van der Waals surface area contributed by atoms with Crippen molar-refractivity contribution in [2.75, 3.05) is 5.32 Å². The highest BCUT2D eigenvalue weighted by molar-refractivity contribution is 9.10. The third-order valence-corrected chi connectivity index (χ3v) is 3.65. The molecule has 0 saturated heterocycles. The van der Waals surface area contributed by atoms with E-state index in [2.05, 4.69) is 56.6 Å². The summed E-state index contributed by atoms with van der Waals surface area (Å²) in [5, 5.41) is 11.2. The quantitative estimate of drug-likeness (QED) is 0.747. The number of nitrogens with zero attached hydrogens (tertiary/aromatic N) is 4. The van der Waals surface area contributed by atoms with Gasteiger partial charge < -0.3 is 5.32 Å². The lowest BCUT2D eigenvalue weighted by atomic mass is 10.1. The number of rotatable bonds is 5. The van der Waals surface area contributed by atoms with Crippen molar-refractivity contribution in [2.24, 2.45) is 0 Å². The molecule has 0 aliphatic carbocycles. The Morgan fingerprint density at radius 2 is 2.17 bits per heavy atom. The van der Waals surface area contributed by atoms with E-state index in [4.69, 9.17) is 0 Å². The van der Waals surface area contributed by atoms with Crippen LogP contribution in [0.15, 0.2) is 53.4 Å². The van der Waals surface area contributed by atoms with Crippen LogP contribution in [-0.2, 0) is 17.9 Å². The molecule has 23 heavy (non-hydrogen) atoms. The van der Waals surface area contributed by atoms with E-state index in [9.17, 15) is 4.79 Å². The van der Waals surface area contributed by atoms with E-state index in [0.29, 0.717) is 12.4 Å². The van der Waals surface area contributed by atoms with Gasteiger partial charge in [0, 0.05) is 18.5 Å². The molecule has 0 atom stereocenters.